The summed E-state index contributed by atoms with van der Waals surface area (Å²) in [4.78, 5) is 11.8. The van der Waals surface area contributed by atoms with Gasteiger partial charge in [0.25, 0.3) is 5.91 Å². The second kappa shape index (κ2) is 4.99. The molecule has 86 valence electrons. The number of nitrogens with one attached hydrogen (secondary N) is 1. The number of benzene rings is 1. The first-order valence-electron chi connectivity index (χ1n) is 5.58. The van der Waals surface area contributed by atoms with Crippen LogP contribution in [0.2, 0.25) is 0 Å². The van der Waals surface area contributed by atoms with E-state index < -0.39 is 0 Å². The van der Waals surface area contributed by atoms with Crippen molar-refractivity contribution >= 4 is 11.6 Å². The highest BCUT2D eigenvalue weighted by Crippen LogP contribution is 2.15. The number of quaternary nitrogens is 1. The molecule has 3 N–H and O–H groups in total. The van der Waals surface area contributed by atoms with Gasteiger partial charge < -0.3 is 15.4 Å². The molecule has 1 amide bonds. The standard InChI is InChI=1S/C12H16N2O2/c1-16-10-6-4-9(5-7-10)14-12(15)11-3-2-8-13-11/h4-7,11,13H,2-3,8H2,1H3,(H,14,15)/p+1/t11-/m0/s1. The number of methoxy groups -OCH3 is 1. The van der Waals surface area contributed by atoms with Crippen LogP contribution in [0, 0.1) is 0 Å². The van der Waals surface area contributed by atoms with Crippen molar-refractivity contribution in [2.75, 3.05) is 19.0 Å². The van der Waals surface area contributed by atoms with Crippen LogP contribution in [0.4, 0.5) is 5.69 Å². The molecule has 16 heavy (non-hydrogen) atoms. The van der Waals surface area contributed by atoms with Gasteiger partial charge in [-0.2, -0.15) is 0 Å². The van der Waals surface area contributed by atoms with Crippen molar-refractivity contribution in [2.24, 2.45) is 0 Å². The first-order valence-corrected chi connectivity index (χ1v) is 5.58. The predicted molar refractivity (Wildman–Crippen MR) is 61.4 cm³/mol. The molecule has 0 spiro atoms. The Morgan fingerprint density at radius 3 is 2.75 bits per heavy atom. The highest BCUT2D eigenvalue weighted by atomic mass is 16.5. The summed E-state index contributed by atoms with van der Waals surface area (Å²) in [5, 5.41) is 5.01. The van der Waals surface area contributed by atoms with E-state index in [-0.39, 0.29) is 11.9 Å². The highest BCUT2D eigenvalue weighted by molar-refractivity contribution is 5.93. The van der Waals surface area contributed by atoms with Crippen LogP contribution in [0.25, 0.3) is 0 Å². The van der Waals surface area contributed by atoms with Crippen molar-refractivity contribution < 1.29 is 14.8 Å². The molecule has 1 aromatic rings. The minimum absolute atomic E-state index is 0.0853. The SMILES string of the molecule is COc1ccc(NC(=O)[C@@H]2CCC[NH2+]2)cc1. The van der Waals surface area contributed by atoms with E-state index in [9.17, 15) is 4.79 Å². The van der Waals surface area contributed by atoms with Crippen LogP contribution in [0.15, 0.2) is 24.3 Å². The Morgan fingerprint density at radius 2 is 2.19 bits per heavy atom. The largest absolute Gasteiger partial charge is 0.497 e. The summed E-state index contributed by atoms with van der Waals surface area (Å²) < 4.78 is 5.06. The van der Waals surface area contributed by atoms with Gasteiger partial charge in [-0.1, -0.05) is 0 Å². The van der Waals surface area contributed by atoms with Crippen LogP contribution >= 0.6 is 0 Å². The summed E-state index contributed by atoms with van der Waals surface area (Å²) in [5.41, 5.74) is 0.825. The molecule has 0 saturated carbocycles. The third kappa shape index (κ3) is 2.52. The zero-order chi connectivity index (χ0) is 11.4. The Hall–Kier alpha value is -1.55. The van der Waals surface area contributed by atoms with E-state index in [1.165, 1.54) is 0 Å². The Bertz CT molecular complexity index is 356. The summed E-state index contributed by atoms with van der Waals surface area (Å²) in [6, 6.07) is 7.47. The van der Waals surface area contributed by atoms with E-state index in [1.807, 2.05) is 24.3 Å². The average molecular weight is 221 g/mol. The number of hydrogen-bond donors (Lipinski definition) is 2. The molecule has 1 aliphatic rings. The fourth-order valence-electron chi connectivity index (χ4n) is 1.92. The number of hydrogen-bond acceptors (Lipinski definition) is 2. The summed E-state index contributed by atoms with van der Waals surface area (Å²) >= 11 is 0. The number of amides is 1. The van der Waals surface area contributed by atoms with Gasteiger partial charge >= 0.3 is 0 Å². The third-order valence-corrected chi connectivity index (χ3v) is 2.86. The van der Waals surface area contributed by atoms with Gasteiger partial charge in [0.15, 0.2) is 6.04 Å². The van der Waals surface area contributed by atoms with Gasteiger partial charge in [0.2, 0.25) is 0 Å². The summed E-state index contributed by atoms with van der Waals surface area (Å²) in [5.74, 6) is 0.896. The number of anilines is 1. The molecule has 1 atom stereocenters. The normalized spacial score (nSPS) is 19.4. The molecule has 0 aromatic heterocycles. The second-order valence-electron chi connectivity index (χ2n) is 3.99. The minimum atomic E-state index is 0.0853. The maximum absolute atomic E-state index is 11.8. The van der Waals surface area contributed by atoms with Gasteiger partial charge in [-0.3, -0.25) is 4.79 Å². The van der Waals surface area contributed by atoms with E-state index in [0.717, 1.165) is 30.8 Å². The van der Waals surface area contributed by atoms with Crippen molar-refractivity contribution in [3.63, 3.8) is 0 Å². The number of carbonyl (C=O) groups excluding carboxylic acids is 1. The first kappa shape index (κ1) is 11.0. The highest BCUT2D eigenvalue weighted by Gasteiger charge is 2.25. The van der Waals surface area contributed by atoms with Gasteiger partial charge in [0.1, 0.15) is 5.75 Å². The lowest BCUT2D eigenvalue weighted by Gasteiger charge is -2.09. The minimum Gasteiger partial charge on any atom is -0.497 e. The van der Waals surface area contributed by atoms with Crippen LogP contribution in [0.3, 0.4) is 0 Å². The number of rotatable bonds is 3. The summed E-state index contributed by atoms with van der Waals surface area (Å²) in [6.07, 6.45) is 2.10. The zero-order valence-corrected chi connectivity index (χ0v) is 9.40. The fraction of sp³-hybridized carbons (Fsp3) is 0.417. The lowest BCUT2D eigenvalue weighted by Crippen LogP contribution is -2.88. The molecule has 0 unspecified atom stereocenters. The molecule has 4 heteroatoms. The van der Waals surface area contributed by atoms with Gasteiger partial charge in [-0.25, -0.2) is 0 Å². The smallest absolute Gasteiger partial charge is 0.282 e. The van der Waals surface area contributed by atoms with Crippen molar-refractivity contribution in [3.05, 3.63) is 24.3 Å². The molecular formula is C12H17N2O2+. The van der Waals surface area contributed by atoms with Crippen LogP contribution in [-0.2, 0) is 4.79 Å². The van der Waals surface area contributed by atoms with Crippen LogP contribution in [-0.4, -0.2) is 25.6 Å². The molecule has 4 nitrogen and oxygen atoms in total. The van der Waals surface area contributed by atoms with Crippen LogP contribution in [0.1, 0.15) is 12.8 Å². The van der Waals surface area contributed by atoms with E-state index in [0.29, 0.717) is 0 Å². The Morgan fingerprint density at radius 1 is 1.44 bits per heavy atom. The van der Waals surface area contributed by atoms with Crippen molar-refractivity contribution in [1.29, 1.82) is 0 Å². The Kier molecular flexibility index (Phi) is 3.41. The zero-order valence-electron chi connectivity index (χ0n) is 9.40. The summed E-state index contributed by atoms with van der Waals surface area (Å²) in [7, 11) is 1.63. The van der Waals surface area contributed by atoms with Gasteiger partial charge in [0, 0.05) is 18.5 Å². The predicted octanol–water partition coefficient (Wildman–Crippen LogP) is 0.360. The molecule has 1 fully saturated rings. The Labute approximate surface area is 95.0 Å². The quantitative estimate of drug-likeness (QED) is 0.774. The summed E-state index contributed by atoms with van der Waals surface area (Å²) in [6.45, 7) is 1.06. The first-order chi connectivity index (χ1) is 7.79. The molecule has 0 aliphatic carbocycles. The maximum atomic E-state index is 11.8. The molecule has 1 heterocycles. The lowest BCUT2D eigenvalue weighted by atomic mass is 10.2. The molecular weight excluding hydrogens is 204 g/mol. The van der Waals surface area contributed by atoms with Gasteiger partial charge in [-0.15, -0.1) is 0 Å². The average Bonchev–Trinajstić information content (AvgIpc) is 2.83. The molecule has 0 bridgehead atoms. The van der Waals surface area contributed by atoms with E-state index >= 15 is 0 Å². The van der Waals surface area contributed by atoms with Crippen LogP contribution < -0.4 is 15.4 Å². The van der Waals surface area contributed by atoms with E-state index in [4.69, 9.17) is 4.74 Å². The molecule has 2 rings (SSSR count). The molecule has 1 saturated heterocycles. The molecule has 0 radical (unpaired) electrons. The van der Waals surface area contributed by atoms with E-state index in [1.54, 1.807) is 7.11 Å². The monoisotopic (exact) mass is 221 g/mol. The number of ether oxygens (including phenoxy) is 1. The third-order valence-electron chi connectivity index (χ3n) is 2.86. The Balaban J connectivity index is 1.94. The lowest BCUT2D eigenvalue weighted by molar-refractivity contribution is -0.656. The van der Waals surface area contributed by atoms with Crippen LogP contribution in [0.5, 0.6) is 5.75 Å². The second-order valence-corrected chi connectivity index (χ2v) is 3.99. The van der Waals surface area contributed by atoms with E-state index in [2.05, 4.69) is 10.6 Å². The topological polar surface area (TPSA) is 54.9 Å². The molecule has 1 aromatic carbocycles. The van der Waals surface area contributed by atoms with Gasteiger partial charge in [-0.05, 0) is 24.3 Å². The maximum Gasteiger partial charge on any atom is 0.282 e. The molecule has 1 aliphatic heterocycles. The van der Waals surface area contributed by atoms with Gasteiger partial charge in [0.05, 0.1) is 13.7 Å². The number of carbonyl (C=O) groups is 1. The fourth-order valence-corrected chi connectivity index (χ4v) is 1.92. The number of nitrogens with two attached hydrogens (primary N) is 1. The van der Waals surface area contributed by atoms with Crippen molar-refractivity contribution in [3.8, 4) is 5.75 Å². The van der Waals surface area contributed by atoms with Crippen molar-refractivity contribution in [2.45, 2.75) is 18.9 Å². The van der Waals surface area contributed by atoms with Crippen molar-refractivity contribution in [1.82, 2.24) is 0 Å².